The second-order valence-electron chi connectivity index (χ2n) is 3.21. The number of nitrogens with zero attached hydrogens (tertiary/aromatic N) is 7. The van der Waals surface area contributed by atoms with Crippen molar-refractivity contribution < 1.29 is 0 Å². The normalized spacial score (nSPS) is 11.2. The van der Waals surface area contributed by atoms with Crippen molar-refractivity contribution in [3.8, 4) is 0 Å². The number of tetrazole rings is 1. The van der Waals surface area contributed by atoms with Crippen LogP contribution in [0.25, 0.3) is 5.65 Å². The molecule has 3 rings (SSSR count). The predicted molar refractivity (Wildman–Crippen MR) is 63.6 cm³/mol. The number of aryl methyl sites for hydroxylation is 1. The molecule has 0 N–H and O–H groups in total. The average Bonchev–Trinajstić information content (AvgIpc) is 2.88. The van der Waals surface area contributed by atoms with Gasteiger partial charge in [-0.3, -0.25) is 0 Å². The molecule has 3 aromatic rings. The van der Waals surface area contributed by atoms with Crippen LogP contribution in [0.2, 0.25) is 0 Å². The van der Waals surface area contributed by atoms with Crippen LogP contribution >= 0.6 is 27.7 Å². The average molecular weight is 312 g/mol. The monoisotopic (exact) mass is 311 g/mol. The van der Waals surface area contributed by atoms with Crippen LogP contribution in [-0.2, 0) is 7.05 Å². The van der Waals surface area contributed by atoms with E-state index in [2.05, 4.69) is 41.4 Å². The van der Waals surface area contributed by atoms with Gasteiger partial charge in [0, 0.05) is 25.6 Å². The minimum atomic E-state index is 0.667. The fourth-order valence-electron chi connectivity index (χ4n) is 1.34. The molecule has 0 amide bonds. The Morgan fingerprint density at radius 1 is 1.41 bits per heavy atom. The first-order valence-electron chi connectivity index (χ1n) is 4.63. The van der Waals surface area contributed by atoms with Crippen molar-refractivity contribution >= 4 is 33.3 Å². The molecule has 9 heteroatoms. The zero-order chi connectivity index (χ0) is 11.8. The number of hydrogen-bond acceptors (Lipinski definition) is 6. The van der Waals surface area contributed by atoms with Crippen LogP contribution in [0, 0.1) is 0 Å². The quantitative estimate of drug-likeness (QED) is 0.707. The second kappa shape index (κ2) is 4.08. The molecule has 0 atom stereocenters. The van der Waals surface area contributed by atoms with E-state index >= 15 is 0 Å². The molecule has 0 saturated heterocycles. The maximum Gasteiger partial charge on any atom is 0.215 e. The maximum atomic E-state index is 4.38. The Morgan fingerprint density at radius 2 is 2.29 bits per heavy atom. The molecule has 17 heavy (non-hydrogen) atoms. The van der Waals surface area contributed by atoms with Crippen molar-refractivity contribution in [2.45, 2.75) is 10.2 Å². The summed E-state index contributed by atoms with van der Waals surface area (Å²) in [5.41, 5.74) is 0.779. The number of halogens is 1. The van der Waals surface area contributed by atoms with Crippen molar-refractivity contribution in [1.29, 1.82) is 0 Å². The lowest BCUT2D eigenvalue weighted by atomic mass is 10.7. The van der Waals surface area contributed by atoms with Gasteiger partial charge in [-0.25, -0.2) is 14.6 Å². The molecule has 0 aliphatic rings. The van der Waals surface area contributed by atoms with Crippen LogP contribution < -0.4 is 0 Å². The second-order valence-corrected chi connectivity index (χ2v) is 4.98. The highest BCUT2D eigenvalue weighted by molar-refractivity contribution is 9.10. The van der Waals surface area contributed by atoms with Gasteiger partial charge in [0.2, 0.25) is 5.16 Å². The topological polar surface area (TPSA) is 73.8 Å². The Hall–Kier alpha value is -1.48. The number of aromatic nitrogens is 7. The third-order valence-electron chi connectivity index (χ3n) is 2.08. The van der Waals surface area contributed by atoms with Crippen LogP contribution in [0.1, 0.15) is 0 Å². The standard InChI is InChI=1S/C8H6BrN7S/c1-15-8(12-13-14-15)17-7-6-10-2-3-16(6)4-5(9)11-7/h2-4H,1H3. The molecule has 0 saturated carbocycles. The highest BCUT2D eigenvalue weighted by atomic mass is 79.9. The van der Waals surface area contributed by atoms with Crippen LogP contribution in [0.15, 0.2) is 33.4 Å². The Morgan fingerprint density at radius 3 is 3.06 bits per heavy atom. The summed E-state index contributed by atoms with van der Waals surface area (Å²) >= 11 is 4.73. The molecule has 0 fully saturated rings. The lowest BCUT2D eigenvalue weighted by Gasteiger charge is -2.02. The molecule has 86 valence electrons. The summed E-state index contributed by atoms with van der Waals surface area (Å²) in [6.07, 6.45) is 5.44. The lowest BCUT2D eigenvalue weighted by Crippen LogP contribution is -1.96. The van der Waals surface area contributed by atoms with Crippen molar-refractivity contribution in [3.05, 3.63) is 23.2 Å². The van der Waals surface area contributed by atoms with E-state index < -0.39 is 0 Å². The zero-order valence-electron chi connectivity index (χ0n) is 8.65. The van der Waals surface area contributed by atoms with E-state index in [1.807, 2.05) is 16.8 Å². The number of hydrogen-bond donors (Lipinski definition) is 0. The van der Waals surface area contributed by atoms with E-state index in [4.69, 9.17) is 0 Å². The molecule has 0 spiro atoms. The van der Waals surface area contributed by atoms with Gasteiger partial charge >= 0.3 is 0 Å². The summed E-state index contributed by atoms with van der Waals surface area (Å²) in [6, 6.07) is 0. The smallest absolute Gasteiger partial charge is 0.215 e. The van der Waals surface area contributed by atoms with Crippen molar-refractivity contribution in [1.82, 2.24) is 34.6 Å². The fraction of sp³-hybridized carbons (Fsp3) is 0.125. The first-order valence-corrected chi connectivity index (χ1v) is 6.24. The zero-order valence-corrected chi connectivity index (χ0v) is 11.1. The minimum absolute atomic E-state index is 0.667. The highest BCUT2D eigenvalue weighted by Gasteiger charge is 2.12. The largest absolute Gasteiger partial charge is 0.302 e. The van der Waals surface area contributed by atoms with E-state index in [1.165, 1.54) is 11.8 Å². The summed E-state index contributed by atoms with van der Waals surface area (Å²) in [5, 5.41) is 12.7. The van der Waals surface area contributed by atoms with Gasteiger partial charge < -0.3 is 4.40 Å². The van der Waals surface area contributed by atoms with Crippen LogP contribution in [0.4, 0.5) is 0 Å². The van der Waals surface area contributed by atoms with Gasteiger partial charge in [0.25, 0.3) is 0 Å². The molecule has 0 aliphatic carbocycles. The minimum Gasteiger partial charge on any atom is -0.302 e. The van der Waals surface area contributed by atoms with Gasteiger partial charge in [0.05, 0.1) is 0 Å². The fourth-order valence-corrected chi connectivity index (χ4v) is 2.66. The van der Waals surface area contributed by atoms with Gasteiger partial charge in [-0.15, -0.1) is 5.10 Å². The Kier molecular flexibility index (Phi) is 2.56. The third-order valence-corrected chi connectivity index (χ3v) is 3.46. The number of imidazole rings is 1. The molecule has 0 radical (unpaired) electrons. The first kappa shape index (κ1) is 10.7. The summed E-state index contributed by atoms with van der Waals surface area (Å²) in [5.74, 6) is 0. The van der Waals surface area contributed by atoms with Crippen LogP contribution in [-0.4, -0.2) is 34.6 Å². The van der Waals surface area contributed by atoms with Crippen molar-refractivity contribution in [2.24, 2.45) is 7.05 Å². The number of fused-ring (bicyclic) bond motifs is 1. The van der Waals surface area contributed by atoms with E-state index in [1.54, 1.807) is 17.9 Å². The van der Waals surface area contributed by atoms with E-state index in [0.29, 0.717) is 5.16 Å². The molecular weight excluding hydrogens is 306 g/mol. The Balaban J connectivity index is 2.11. The molecular formula is C8H6BrN7S. The maximum absolute atomic E-state index is 4.38. The summed E-state index contributed by atoms with van der Waals surface area (Å²) in [7, 11) is 1.78. The van der Waals surface area contributed by atoms with Gasteiger partial charge in [0.1, 0.15) is 9.63 Å². The Labute approximate surface area is 108 Å². The van der Waals surface area contributed by atoms with Crippen LogP contribution in [0.5, 0.6) is 0 Å². The van der Waals surface area contributed by atoms with Crippen LogP contribution in [0.3, 0.4) is 0 Å². The molecule has 0 bridgehead atoms. The van der Waals surface area contributed by atoms with Crippen molar-refractivity contribution in [3.63, 3.8) is 0 Å². The number of rotatable bonds is 2. The molecule has 3 aromatic heterocycles. The van der Waals surface area contributed by atoms with E-state index in [9.17, 15) is 0 Å². The van der Waals surface area contributed by atoms with Gasteiger partial charge in [-0.2, -0.15) is 0 Å². The van der Waals surface area contributed by atoms with E-state index in [0.717, 1.165) is 15.3 Å². The Bertz CT molecular complexity index is 675. The lowest BCUT2D eigenvalue weighted by molar-refractivity contribution is 0.664. The molecule has 0 unspecified atom stereocenters. The summed E-state index contributed by atoms with van der Waals surface area (Å²) in [6.45, 7) is 0. The van der Waals surface area contributed by atoms with Gasteiger partial charge in [-0.05, 0) is 38.1 Å². The summed E-state index contributed by atoms with van der Waals surface area (Å²) in [4.78, 5) is 8.63. The van der Waals surface area contributed by atoms with Gasteiger partial charge in [0.15, 0.2) is 5.65 Å². The predicted octanol–water partition coefficient (Wildman–Crippen LogP) is 1.17. The molecule has 7 nitrogen and oxygen atoms in total. The molecule has 0 aromatic carbocycles. The molecule has 0 aliphatic heterocycles. The SMILES string of the molecule is Cn1nnnc1Sc1nc(Br)cn2ccnc12. The van der Waals surface area contributed by atoms with Crippen molar-refractivity contribution in [2.75, 3.05) is 0 Å². The van der Waals surface area contributed by atoms with E-state index in [-0.39, 0.29) is 0 Å². The summed E-state index contributed by atoms with van der Waals surface area (Å²) < 4.78 is 4.22. The molecule has 3 heterocycles. The third kappa shape index (κ3) is 1.91. The first-order chi connectivity index (χ1) is 8.24. The highest BCUT2D eigenvalue weighted by Crippen LogP contribution is 2.27. The van der Waals surface area contributed by atoms with Gasteiger partial charge in [-0.1, -0.05) is 0 Å².